The molecule has 1 rings (SSSR count). The van der Waals surface area contributed by atoms with Gasteiger partial charge in [-0.1, -0.05) is 19.1 Å². The highest BCUT2D eigenvalue weighted by Crippen LogP contribution is 2.07. The van der Waals surface area contributed by atoms with Gasteiger partial charge in [0.1, 0.15) is 10.7 Å². The summed E-state index contributed by atoms with van der Waals surface area (Å²) in [5, 5.41) is 3.19. The van der Waals surface area contributed by atoms with Gasteiger partial charge in [-0.2, -0.15) is 0 Å². The van der Waals surface area contributed by atoms with Gasteiger partial charge in [-0.05, 0) is 26.3 Å². The first-order chi connectivity index (χ1) is 7.02. The van der Waals surface area contributed by atoms with Crippen molar-refractivity contribution in [3.63, 3.8) is 0 Å². The van der Waals surface area contributed by atoms with Crippen LogP contribution < -0.4 is 11.1 Å². The lowest BCUT2D eigenvalue weighted by atomic mass is 10.3. The molecule has 0 spiro atoms. The number of thiocarbonyl (C=S) groups is 1. The van der Waals surface area contributed by atoms with Gasteiger partial charge in [0.2, 0.25) is 5.95 Å². The van der Waals surface area contributed by atoms with Crippen molar-refractivity contribution in [2.75, 3.05) is 5.32 Å². The Bertz CT molecular complexity index is 364. The number of aryl methyl sites for hydroxylation is 1. The molecular weight excluding hydrogens is 208 g/mol. The van der Waals surface area contributed by atoms with Crippen molar-refractivity contribution in [2.45, 2.75) is 33.2 Å². The molecule has 15 heavy (non-hydrogen) atoms. The maximum atomic E-state index is 5.53. The summed E-state index contributed by atoms with van der Waals surface area (Å²) in [6.07, 6.45) is 1.01. The maximum absolute atomic E-state index is 5.53. The Labute approximate surface area is 95.3 Å². The Morgan fingerprint density at radius 1 is 1.60 bits per heavy atom. The van der Waals surface area contributed by atoms with E-state index in [0.717, 1.165) is 12.1 Å². The summed E-state index contributed by atoms with van der Waals surface area (Å²) >= 11 is 4.88. The monoisotopic (exact) mass is 224 g/mol. The fourth-order valence-corrected chi connectivity index (χ4v) is 1.19. The average Bonchev–Trinajstić information content (AvgIpc) is 2.16. The molecule has 0 saturated carbocycles. The number of nitrogens with one attached hydrogen (secondary N) is 1. The molecule has 0 aromatic carbocycles. The highest BCUT2D eigenvalue weighted by molar-refractivity contribution is 7.80. The highest BCUT2D eigenvalue weighted by Gasteiger charge is 2.06. The summed E-state index contributed by atoms with van der Waals surface area (Å²) in [5.74, 6) is 0.590. The number of aromatic nitrogens is 2. The largest absolute Gasteiger partial charge is 0.388 e. The normalized spacial score (nSPS) is 12.2. The van der Waals surface area contributed by atoms with Crippen LogP contribution in [-0.2, 0) is 0 Å². The van der Waals surface area contributed by atoms with Crippen molar-refractivity contribution in [3.05, 3.63) is 17.5 Å². The molecule has 0 bridgehead atoms. The first kappa shape index (κ1) is 11.8. The molecule has 3 N–H and O–H groups in total. The topological polar surface area (TPSA) is 63.8 Å². The zero-order valence-electron chi connectivity index (χ0n) is 9.24. The SMILES string of the molecule is CCC(C)Nc1nc(C)cc(C(N)=S)n1. The first-order valence-electron chi connectivity index (χ1n) is 4.95. The molecule has 1 atom stereocenters. The van der Waals surface area contributed by atoms with E-state index in [1.165, 1.54) is 0 Å². The molecule has 0 radical (unpaired) electrons. The van der Waals surface area contributed by atoms with Crippen molar-refractivity contribution in [2.24, 2.45) is 5.73 Å². The zero-order valence-corrected chi connectivity index (χ0v) is 10.1. The van der Waals surface area contributed by atoms with Gasteiger partial charge in [0.15, 0.2) is 0 Å². The van der Waals surface area contributed by atoms with Gasteiger partial charge in [0.25, 0.3) is 0 Å². The molecule has 1 aromatic heterocycles. The van der Waals surface area contributed by atoms with Gasteiger partial charge in [-0.25, -0.2) is 9.97 Å². The third kappa shape index (κ3) is 3.43. The van der Waals surface area contributed by atoms with Gasteiger partial charge >= 0.3 is 0 Å². The molecule has 0 saturated heterocycles. The second-order valence-corrected chi connectivity index (χ2v) is 3.98. The van der Waals surface area contributed by atoms with Crippen LogP contribution in [0.1, 0.15) is 31.7 Å². The van der Waals surface area contributed by atoms with E-state index >= 15 is 0 Å². The van der Waals surface area contributed by atoms with Crippen LogP contribution in [0.25, 0.3) is 0 Å². The van der Waals surface area contributed by atoms with Gasteiger partial charge in [0, 0.05) is 11.7 Å². The van der Waals surface area contributed by atoms with Crippen molar-refractivity contribution in [1.29, 1.82) is 0 Å². The van der Waals surface area contributed by atoms with Gasteiger partial charge in [-0.3, -0.25) is 0 Å². The average molecular weight is 224 g/mol. The highest BCUT2D eigenvalue weighted by atomic mass is 32.1. The minimum absolute atomic E-state index is 0.299. The fraction of sp³-hybridized carbons (Fsp3) is 0.500. The molecule has 1 aromatic rings. The van der Waals surface area contributed by atoms with E-state index in [1.54, 1.807) is 6.07 Å². The summed E-state index contributed by atoms with van der Waals surface area (Å²) in [4.78, 5) is 8.80. The van der Waals surface area contributed by atoms with Crippen molar-refractivity contribution >= 4 is 23.2 Å². The maximum Gasteiger partial charge on any atom is 0.223 e. The Morgan fingerprint density at radius 2 is 2.27 bits per heavy atom. The molecule has 0 amide bonds. The Balaban J connectivity index is 2.93. The molecule has 0 aliphatic heterocycles. The quantitative estimate of drug-likeness (QED) is 0.761. The Kier molecular flexibility index (Phi) is 3.96. The van der Waals surface area contributed by atoms with Gasteiger partial charge < -0.3 is 11.1 Å². The second kappa shape index (κ2) is 5.02. The van der Waals surface area contributed by atoms with Crippen LogP contribution in [0.4, 0.5) is 5.95 Å². The number of nitrogens with two attached hydrogens (primary N) is 1. The summed E-state index contributed by atoms with van der Waals surface area (Å²) in [5.41, 5.74) is 7.00. The van der Waals surface area contributed by atoms with Crippen LogP contribution in [0.15, 0.2) is 6.07 Å². The van der Waals surface area contributed by atoms with E-state index < -0.39 is 0 Å². The molecule has 0 aliphatic carbocycles. The number of rotatable bonds is 4. The van der Waals surface area contributed by atoms with E-state index in [2.05, 4.69) is 29.1 Å². The lowest BCUT2D eigenvalue weighted by molar-refractivity contribution is 0.751. The third-order valence-corrected chi connectivity index (χ3v) is 2.30. The number of hydrogen-bond donors (Lipinski definition) is 2. The summed E-state index contributed by atoms with van der Waals surface area (Å²) in [6, 6.07) is 2.12. The smallest absolute Gasteiger partial charge is 0.223 e. The minimum Gasteiger partial charge on any atom is -0.388 e. The minimum atomic E-state index is 0.299. The van der Waals surface area contributed by atoms with E-state index in [0.29, 0.717) is 22.7 Å². The molecule has 4 nitrogen and oxygen atoms in total. The van der Waals surface area contributed by atoms with Crippen molar-refractivity contribution in [3.8, 4) is 0 Å². The fourth-order valence-electron chi connectivity index (χ4n) is 1.08. The van der Waals surface area contributed by atoms with Crippen molar-refractivity contribution < 1.29 is 0 Å². The van der Waals surface area contributed by atoms with E-state index in [4.69, 9.17) is 18.0 Å². The summed E-state index contributed by atoms with van der Waals surface area (Å²) in [6.45, 7) is 6.07. The molecule has 5 heteroatoms. The van der Waals surface area contributed by atoms with E-state index in [1.807, 2.05) is 6.92 Å². The van der Waals surface area contributed by atoms with E-state index in [9.17, 15) is 0 Å². The van der Waals surface area contributed by atoms with Gasteiger partial charge in [-0.15, -0.1) is 0 Å². The van der Waals surface area contributed by atoms with Gasteiger partial charge in [0.05, 0.1) is 0 Å². The summed E-state index contributed by atoms with van der Waals surface area (Å²) in [7, 11) is 0. The van der Waals surface area contributed by atoms with Crippen LogP contribution >= 0.6 is 12.2 Å². The lowest BCUT2D eigenvalue weighted by Gasteiger charge is -2.12. The Hall–Kier alpha value is -1.23. The lowest BCUT2D eigenvalue weighted by Crippen LogP contribution is -2.19. The standard InChI is InChI=1S/C10H16N4S/c1-4-6(2)12-10-13-7(3)5-8(14-10)9(11)15/h5-6H,4H2,1-3H3,(H2,11,15)(H,12,13,14). The van der Waals surface area contributed by atoms with Crippen LogP contribution in [0.5, 0.6) is 0 Å². The van der Waals surface area contributed by atoms with Crippen LogP contribution in [0.2, 0.25) is 0 Å². The second-order valence-electron chi connectivity index (χ2n) is 3.54. The first-order valence-corrected chi connectivity index (χ1v) is 5.35. The predicted molar refractivity (Wildman–Crippen MR) is 66.0 cm³/mol. The molecule has 0 aliphatic rings. The third-order valence-electron chi connectivity index (χ3n) is 2.09. The van der Waals surface area contributed by atoms with Crippen molar-refractivity contribution in [1.82, 2.24) is 9.97 Å². The number of hydrogen-bond acceptors (Lipinski definition) is 4. The number of anilines is 1. The molecule has 1 heterocycles. The Morgan fingerprint density at radius 3 is 2.80 bits per heavy atom. The number of nitrogens with zero attached hydrogens (tertiary/aromatic N) is 2. The molecule has 0 fully saturated rings. The zero-order chi connectivity index (χ0) is 11.4. The molecular formula is C10H16N4S. The van der Waals surface area contributed by atoms with Crippen LogP contribution in [0, 0.1) is 6.92 Å². The van der Waals surface area contributed by atoms with E-state index in [-0.39, 0.29) is 0 Å². The van der Waals surface area contributed by atoms with Crippen LogP contribution in [0.3, 0.4) is 0 Å². The predicted octanol–water partition coefficient (Wildman–Crippen LogP) is 1.63. The summed E-state index contributed by atoms with van der Waals surface area (Å²) < 4.78 is 0. The molecule has 1 unspecified atom stereocenters. The molecule has 82 valence electrons. The van der Waals surface area contributed by atoms with Crippen LogP contribution in [-0.4, -0.2) is 21.0 Å².